The fraction of sp³-hybridized carbons (Fsp3) is 0.188. The number of halogens is 1. The van der Waals surface area contributed by atoms with Gasteiger partial charge in [0.1, 0.15) is 5.82 Å². The third-order valence-electron chi connectivity index (χ3n) is 3.67. The van der Waals surface area contributed by atoms with Crippen molar-refractivity contribution in [2.24, 2.45) is 0 Å². The van der Waals surface area contributed by atoms with Crippen molar-refractivity contribution in [2.45, 2.75) is 17.4 Å². The fourth-order valence-electron chi connectivity index (χ4n) is 2.36. The predicted octanol–water partition coefficient (Wildman–Crippen LogP) is 1.66. The molecule has 0 aliphatic rings. The van der Waals surface area contributed by atoms with E-state index in [2.05, 4.69) is 9.71 Å². The Hall–Kier alpha value is -2.49. The lowest BCUT2D eigenvalue weighted by atomic mass is 10.1. The molecule has 0 fully saturated rings. The first-order chi connectivity index (χ1) is 11.8. The summed E-state index contributed by atoms with van der Waals surface area (Å²) in [6.07, 6.45) is -0.805. The first-order valence-corrected chi connectivity index (χ1v) is 8.89. The minimum Gasteiger partial charge on any atom is -0.408 e. The second kappa shape index (κ2) is 6.79. The van der Waals surface area contributed by atoms with Crippen LogP contribution in [0.5, 0.6) is 0 Å². The molecule has 1 atom stereocenters. The Morgan fingerprint density at radius 3 is 2.64 bits per heavy atom. The number of oxazole rings is 1. The van der Waals surface area contributed by atoms with Gasteiger partial charge in [-0.3, -0.25) is 4.98 Å². The van der Waals surface area contributed by atoms with Gasteiger partial charge in [-0.05, 0) is 36.2 Å². The summed E-state index contributed by atoms with van der Waals surface area (Å²) in [6, 6.07) is 9.35. The largest absolute Gasteiger partial charge is 0.417 e. The van der Waals surface area contributed by atoms with E-state index < -0.39 is 27.7 Å². The van der Waals surface area contributed by atoms with Gasteiger partial charge in [0, 0.05) is 12.6 Å². The number of aliphatic hydroxyl groups excluding tert-OH is 1. The zero-order valence-electron chi connectivity index (χ0n) is 12.9. The van der Waals surface area contributed by atoms with Crippen molar-refractivity contribution in [2.75, 3.05) is 6.54 Å². The zero-order valence-corrected chi connectivity index (χ0v) is 13.7. The fourth-order valence-corrected chi connectivity index (χ4v) is 3.42. The van der Waals surface area contributed by atoms with Crippen LogP contribution >= 0.6 is 0 Å². The Kier molecular flexibility index (Phi) is 4.71. The predicted molar refractivity (Wildman–Crippen MR) is 88.0 cm³/mol. The van der Waals surface area contributed by atoms with E-state index in [1.165, 1.54) is 42.5 Å². The van der Waals surface area contributed by atoms with Gasteiger partial charge in [0.25, 0.3) is 0 Å². The van der Waals surface area contributed by atoms with Crippen LogP contribution in [0.2, 0.25) is 0 Å². The van der Waals surface area contributed by atoms with E-state index >= 15 is 0 Å². The summed E-state index contributed by atoms with van der Waals surface area (Å²) >= 11 is 0. The van der Waals surface area contributed by atoms with E-state index in [1.807, 2.05) is 0 Å². The molecular weight excluding hydrogens is 351 g/mol. The van der Waals surface area contributed by atoms with Crippen molar-refractivity contribution in [3.05, 3.63) is 64.4 Å². The Bertz CT molecular complexity index is 1040. The summed E-state index contributed by atoms with van der Waals surface area (Å²) in [5, 5.41) is 10.0. The van der Waals surface area contributed by atoms with Gasteiger partial charge in [-0.2, -0.15) is 0 Å². The van der Waals surface area contributed by atoms with Crippen LogP contribution in [0, 0.1) is 5.82 Å². The van der Waals surface area contributed by atoms with Crippen LogP contribution in [0.3, 0.4) is 0 Å². The molecule has 3 N–H and O–H groups in total. The number of aliphatic hydroxyl groups is 1. The standard InChI is InChI=1S/C16H15FN2O5S/c17-11-3-1-10(2-4-11)14(20)7-8-18-25(22,23)12-5-6-13-15(9-12)24-16(21)19-13/h1-6,9,14,18,20H,7-8H2,(H,19,21). The Labute approximate surface area is 142 Å². The number of rotatable bonds is 6. The van der Waals surface area contributed by atoms with Gasteiger partial charge < -0.3 is 9.52 Å². The van der Waals surface area contributed by atoms with Gasteiger partial charge in [0.2, 0.25) is 10.0 Å². The minimum absolute atomic E-state index is 0.0179. The summed E-state index contributed by atoms with van der Waals surface area (Å²) in [7, 11) is -3.82. The molecule has 132 valence electrons. The van der Waals surface area contributed by atoms with Crippen molar-refractivity contribution >= 4 is 21.1 Å². The van der Waals surface area contributed by atoms with E-state index in [-0.39, 0.29) is 23.4 Å². The maximum absolute atomic E-state index is 12.9. The highest BCUT2D eigenvalue weighted by molar-refractivity contribution is 7.89. The number of benzene rings is 2. The molecule has 9 heteroatoms. The summed E-state index contributed by atoms with van der Waals surface area (Å²) < 4.78 is 44.6. The van der Waals surface area contributed by atoms with Gasteiger partial charge in [-0.15, -0.1) is 0 Å². The summed E-state index contributed by atoms with van der Waals surface area (Å²) in [4.78, 5) is 13.5. The normalized spacial score (nSPS) is 13.2. The number of hydrogen-bond donors (Lipinski definition) is 3. The highest BCUT2D eigenvalue weighted by atomic mass is 32.2. The number of aromatic amines is 1. The molecule has 1 aromatic heterocycles. The molecule has 0 amide bonds. The van der Waals surface area contributed by atoms with Gasteiger partial charge in [0.15, 0.2) is 5.58 Å². The monoisotopic (exact) mass is 366 g/mol. The summed E-state index contributed by atoms with van der Waals surface area (Å²) in [5.74, 6) is -1.08. The molecule has 2 aromatic carbocycles. The summed E-state index contributed by atoms with van der Waals surface area (Å²) in [6.45, 7) is -0.0179. The molecule has 25 heavy (non-hydrogen) atoms. The Balaban J connectivity index is 1.66. The molecule has 1 unspecified atom stereocenters. The molecule has 0 radical (unpaired) electrons. The third kappa shape index (κ3) is 3.95. The second-order valence-electron chi connectivity index (χ2n) is 5.43. The van der Waals surface area contributed by atoms with Crippen LogP contribution in [-0.4, -0.2) is 25.1 Å². The van der Waals surface area contributed by atoms with Crippen molar-refractivity contribution in [1.82, 2.24) is 9.71 Å². The molecular formula is C16H15FN2O5S. The average molecular weight is 366 g/mol. The topological polar surface area (TPSA) is 112 Å². The highest BCUT2D eigenvalue weighted by Gasteiger charge is 2.16. The van der Waals surface area contributed by atoms with E-state index in [9.17, 15) is 22.7 Å². The van der Waals surface area contributed by atoms with Crippen molar-refractivity contribution < 1.29 is 22.3 Å². The number of H-pyrrole nitrogens is 1. The first-order valence-electron chi connectivity index (χ1n) is 7.41. The van der Waals surface area contributed by atoms with Crippen LogP contribution in [0.4, 0.5) is 4.39 Å². The van der Waals surface area contributed by atoms with Crippen molar-refractivity contribution in [1.29, 1.82) is 0 Å². The summed E-state index contributed by atoms with van der Waals surface area (Å²) in [5.41, 5.74) is 1.03. The van der Waals surface area contributed by atoms with Gasteiger partial charge >= 0.3 is 5.76 Å². The van der Waals surface area contributed by atoms with Crippen LogP contribution in [0.15, 0.2) is 56.6 Å². The first kappa shape index (κ1) is 17.3. The number of fused-ring (bicyclic) bond motifs is 1. The SMILES string of the molecule is O=c1[nH]c2ccc(S(=O)(=O)NCCC(O)c3ccc(F)cc3)cc2o1. The van der Waals surface area contributed by atoms with Crippen LogP contribution in [0.25, 0.3) is 11.1 Å². The van der Waals surface area contributed by atoms with E-state index in [0.29, 0.717) is 11.1 Å². The molecule has 3 aromatic rings. The van der Waals surface area contributed by atoms with Gasteiger partial charge in [-0.25, -0.2) is 22.3 Å². The molecule has 1 heterocycles. The quantitative estimate of drug-likeness (QED) is 0.614. The van der Waals surface area contributed by atoms with Gasteiger partial charge in [-0.1, -0.05) is 12.1 Å². The van der Waals surface area contributed by atoms with E-state index in [1.54, 1.807) is 0 Å². The van der Waals surface area contributed by atoms with Crippen LogP contribution in [0.1, 0.15) is 18.1 Å². The smallest absolute Gasteiger partial charge is 0.408 e. The molecule has 0 saturated carbocycles. The van der Waals surface area contributed by atoms with Crippen molar-refractivity contribution in [3.8, 4) is 0 Å². The molecule has 0 spiro atoms. The third-order valence-corrected chi connectivity index (χ3v) is 5.13. The second-order valence-corrected chi connectivity index (χ2v) is 7.19. The number of aromatic nitrogens is 1. The zero-order chi connectivity index (χ0) is 18.0. The number of sulfonamides is 1. The average Bonchev–Trinajstić information content (AvgIpc) is 2.94. The molecule has 7 nitrogen and oxygen atoms in total. The van der Waals surface area contributed by atoms with Gasteiger partial charge in [0.05, 0.1) is 16.5 Å². The minimum atomic E-state index is -3.82. The lowest BCUT2D eigenvalue weighted by Crippen LogP contribution is -2.26. The molecule has 3 rings (SSSR count). The van der Waals surface area contributed by atoms with Crippen LogP contribution in [-0.2, 0) is 10.0 Å². The molecule has 0 bridgehead atoms. The highest BCUT2D eigenvalue weighted by Crippen LogP contribution is 2.18. The lowest BCUT2D eigenvalue weighted by molar-refractivity contribution is 0.169. The molecule has 0 aliphatic carbocycles. The Morgan fingerprint density at radius 1 is 1.20 bits per heavy atom. The Morgan fingerprint density at radius 2 is 1.92 bits per heavy atom. The molecule has 0 saturated heterocycles. The van der Waals surface area contributed by atoms with E-state index in [0.717, 1.165) is 0 Å². The van der Waals surface area contributed by atoms with Crippen LogP contribution < -0.4 is 10.5 Å². The van der Waals surface area contributed by atoms with Crippen molar-refractivity contribution in [3.63, 3.8) is 0 Å². The number of hydrogen-bond acceptors (Lipinski definition) is 5. The van der Waals surface area contributed by atoms with E-state index in [4.69, 9.17) is 4.42 Å². The number of nitrogens with one attached hydrogen (secondary N) is 2. The lowest BCUT2D eigenvalue weighted by Gasteiger charge is -2.12. The molecule has 0 aliphatic heterocycles. The maximum Gasteiger partial charge on any atom is 0.417 e. The maximum atomic E-state index is 12.9.